The molecule has 1 aliphatic rings. The predicted octanol–water partition coefficient (Wildman–Crippen LogP) is 13.5. The van der Waals surface area contributed by atoms with Crippen LogP contribution in [-0.4, -0.2) is 27.8 Å². The third-order valence-electron chi connectivity index (χ3n) is 11.8. The number of hydrogen-bond donors (Lipinski definition) is 0. The molecular formula is C53H51GeIrN3-2. The second kappa shape index (κ2) is 17.2. The summed E-state index contributed by atoms with van der Waals surface area (Å²) in [5.74, 6) is 8.75. The summed E-state index contributed by atoms with van der Waals surface area (Å²) in [6.07, 6.45) is 4.27. The number of fused-ring (bicyclic) bond motifs is 4. The Morgan fingerprint density at radius 3 is 2.03 bits per heavy atom. The van der Waals surface area contributed by atoms with Crippen molar-refractivity contribution in [3.05, 3.63) is 181 Å². The van der Waals surface area contributed by atoms with Crippen LogP contribution < -0.4 is 4.40 Å². The molecule has 6 aromatic carbocycles. The van der Waals surface area contributed by atoms with Crippen molar-refractivity contribution in [2.75, 3.05) is 0 Å². The summed E-state index contributed by atoms with van der Waals surface area (Å²) >= 11 is -1.85. The third kappa shape index (κ3) is 7.71. The zero-order chi connectivity index (χ0) is 39.7. The van der Waals surface area contributed by atoms with Crippen LogP contribution in [0.15, 0.2) is 152 Å². The minimum absolute atomic E-state index is 0. The Morgan fingerprint density at radius 2 is 1.34 bits per heavy atom. The van der Waals surface area contributed by atoms with Crippen molar-refractivity contribution < 1.29 is 20.1 Å². The van der Waals surface area contributed by atoms with E-state index in [9.17, 15) is 0 Å². The number of rotatable bonds is 8. The molecule has 0 saturated heterocycles. The van der Waals surface area contributed by atoms with E-state index in [1.807, 2.05) is 18.2 Å². The van der Waals surface area contributed by atoms with Crippen molar-refractivity contribution >= 4 is 28.7 Å². The Bertz CT molecular complexity index is 2650. The van der Waals surface area contributed by atoms with Crippen LogP contribution in [0.2, 0.25) is 17.3 Å². The smallest absolute Gasteiger partial charge is 0.0774 e. The van der Waals surface area contributed by atoms with E-state index < -0.39 is 13.3 Å². The molecule has 9 rings (SSSR count). The number of nitrogens with zero attached hydrogens (tertiary/aromatic N) is 3. The van der Waals surface area contributed by atoms with Crippen LogP contribution >= 0.6 is 0 Å². The second-order valence-corrected chi connectivity index (χ2v) is 27.1. The molecule has 58 heavy (non-hydrogen) atoms. The van der Waals surface area contributed by atoms with Gasteiger partial charge in [-0.2, -0.15) is 0 Å². The van der Waals surface area contributed by atoms with Gasteiger partial charge in [0.2, 0.25) is 0 Å². The molecule has 8 aromatic rings. The van der Waals surface area contributed by atoms with Crippen LogP contribution in [0, 0.1) is 12.1 Å². The average molecular weight is 995 g/mol. The monoisotopic (exact) mass is 996 g/mol. The van der Waals surface area contributed by atoms with E-state index >= 15 is 0 Å². The summed E-state index contributed by atoms with van der Waals surface area (Å²) in [4.78, 5) is 9.80. The molecule has 0 N–H and O–H groups in total. The molecule has 0 bridgehead atoms. The average Bonchev–Trinajstić information content (AvgIpc) is 3.78. The number of hydrogen-bond acceptors (Lipinski definition) is 2. The fraction of sp³-hybridized carbons (Fsp3) is 0.208. The summed E-state index contributed by atoms with van der Waals surface area (Å²) in [5.41, 5.74) is 15.8. The van der Waals surface area contributed by atoms with E-state index in [0.717, 1.165) is 52.2 Å². The van der Waals surface area contributed by atoms with Crippen molar-refractivity contribution in [2.24, 2.45) is 0 Å². The zero-order valence-corrected chi connectivity index (χ0v) is 39.1. The van der Waals surface area contributed by atoms with Gasteiger partial charge in [-0.1, -0.05) is 111 Å². The molecule has 0 saturated carbocycles. The van der Waals surface area contributed by atoms with Gasteiger partial charge in [0.15, 0.2) is 0 Å². The molecule has 5 heteroatoms. The zero-order valence-electron chi connectivity index (χ0n) is 34.6. The maximum Gasteiger partial charge on any atom is 0.0774 e. The first kappa shape index (κ1) is 41.3. The summed E-state index contributed by atoms with van der Waals surface area (Å²) < 4.78 is 3.80. The van der Waals surface area contributed by atoms with Gasteiger partial charge >= 0.3 is 119 Å². The van der Waals surface area contributed by atoms with Gasteiger partial charge in [-0.25, -0.2) is 0 Å². The van der Waals surface area contributed by atoms with Crippen LogP contribution in [-0.2, 0) is 25.5 Å². The first-order valence-corrected chi connectivity index (χ1v) is 27.7. The number of imidazole rings is 1. The maximum absolute atomic E-state index is 5.13. The molecule has 0 aliphatic heterocycles. The SMILES string of the molecule is CC(C)c1cc(-c2[c-]cccc2)nc[c]1[Ge]([CH3])([CH3])[CH3].CCC1(CC)c2c[c-]c(-c3nc4ccccc4n3-c3ccc(-c4ccccc4)cc3)cc2-c2ccccc21.[Ir]. The molecule has 3 nitrogen and oxygen atoms in total. The van der Waals surface area contributed by atoms with Crippen LogP contribution in [0.5, 0.6) is 0 Å². The predicted molar refractivity (Wildman–Crippen MR) is 243 cm³/mol. The first-order chi connectivity index (χ1) is 27.6. The van der Waals surface area contributed by atoms with Gasteiger partial charge in [-0.05, 0) is 51.9 Å². The van der Waals surface area contributed by atoms with E-state index in [4.69, 9.17) is 4.98 Å². The van der Waals surface area contributed by atoms with E-state index in [2.05, 4.69) is 200 Å². The van der Waals surface area contributed by atoms with Crippen LogP contribution in [0.25, 0.3) is 61.6 Å². The van der Waals surface area contributed by atoms with Gasteiger partial charge in [0.1, 0.15) is 0 Å². The molecule has 0 fully saturated rings. The molecular weight excluding hydrogens is 943 g/mol. The van der Waals surface area contributed by atoms with Crippen molar-refractivity contribution in [3.63, 3.8) is 0 Å². The Balaban J connectivity index is 0.000000217. The quantitative estimate of drug-likeness (QED) is 0.112. The van der Waals surface area contributed by atoms with Gasteiger partial charge in [0.25, 0.3) is 0 Å². The number of pyridine rings is 1. The second-order valence-electron chi connectivity index (χ2n) is 16.5. The molecule has 2 aromatic heterocycles. The molecule has 0 amide bonds. The number of aromatic nitrogens is 3. The molecule has 0 unspecified atom stereocenters. The molecule has 0 spiro atoms. The third-order valence-corrected chi connectivity index (χ3v) is 16.1. The van der Waals surface area contributed by atoms with Crippen molar-refractivity contribution in [1.29, 1.82) is 0 Å². The van der Waals surface area contributed by atoms with Gasteiger partial charge in [0, 0.05) is 25.8 Å². The van der Waals surface area contributed by atoms with E-state index in [-0.39, 0.29) is 25.5 Å². The summed E-state index contributed by atoms with van der Waals surface area (Å²) in [7, 11) is 0. The Morgan fingerprint density at radius 1 is 0.672 bits per heavy atom. The van der Waals surface area contributed by atoms with Gasteiger partial charge in [-0.15, -0.1) is 29.3 Å². The fourth-order valence-corrected chi connectivity index (χ4v) is 12.2. The standard InChI is InChI=1S/C36H29N2.C17H22GeN.Ir/c1-3-36(4-2)31-15-9-8-14-29(31)30-24-27(20-23-32(30)36)35-37-33-16-10-11-17-34(33)38(35)28-21-18-26(19-22-28)25-12-6-5-7-13-25;1-13(2)15-11-17(14-9-7-6-8-10-14)19-12-16(15)18(3,4)5;/h5-19,21-24H,3-4H2,1-2H3;6-9,11-13H,1-5H3;/q2*-1;. The Hall–Kier alpha value is -4.87. The summed E-state index contributed by atoms with van der Waals surface area (Å²) in [6, 6.07) is 58.4. The Labute approximate surface area is 361 Å². The van der Waals surface area contributed by atoms with Crippen molar-refractivity contribution in [2.45, 2.75) is 69.1 Å². The fourth-order valence-electron chi connectivity index (χ4n) is 8.71. The molecule has 1 radical (unpaired) electrons. The van der Waals surface area contributed by atoms with E-state index in [1.54, 1.807) is 0 Å². The topological polar surface area (TPSA) is 30.7 Å². The van der Waals surface area contributed by atoms with Crippen LogP contribution in [0.1, 0.15) is 63.1 Å². The van der Waals surface area contributed by atoms with Gasteiger partial charge in [0.05, 0.1) is 16.9 Å². The van der Waals surface area contributed by atoms with Crippen molar-refractivity contribution in [1.82, 2.24) is 14.5 Å². The van der Waals surface area contributed by atoms with Crippen molar-refractivity contribution in [3.8, 4) is 50.6 Å². The van der Waals surface area contributed by atoms with Crippen LogP contribution in [0.4, 0.5) is 0 Å². The van der Waals surface area contributed by atoms with E-state index in [1.165, 1.54) is 43.3 Å². The number of para-hydroxylation sites is 2. The van der Waals surface area contributed by atoms with Gasteiger partial charge in [-0.3, -0.25) is 4.98 Å². The number of benzene rings is 6. The molecule has 2 heterocycles. The molecule has 1 aliphatic carbocycles. The largest absolute Gasteiger partial charge is 0.333 e. The molecule has 0 atom stereocenters. The van der Waals surface area contributed by atoms with Crippen LogP contribution in [0.3, 0.4) is 0 Å². The first-order valence-electron chi connectivity index (χ1n) is 20.4. The van der Waals surface area contributed by atoms with E-state index in [0.29, 0.717) is 5.92 Å². The minimum atomic E-state index is -1.85. The normalized spacial score (nSPS) is 12.7. The minimum Gasteiger partial charge on any atom is -0.333 e. The molecule has 293 valence electrons. The van der Waals surface area contributed by atoms with Gasteiger partial charge < -0.3 is 4.57 Å². The maximum atomic E-state index is 5.13. The summed E-state index contributed by atoms with van der Waals surface area (Å²) in [5, 5.41) is 0. The Kier molecular flexibility index (Phi) is 12.2. The summed E-state index contributed by atoms with van der Waals surface area (Å²) in [6.45, 7) is 9.15.